The molecule has 21 heavy (non-hydrogen) atoms. The lowest BCUT2D eigenvalue weighted by molar-refractivity contribution is 0.233. The molecule has 0 spiro atoms. The molecule has 0 amide bonds. The first-order chi connectivity index (χ1) is 9.98. The fraction of sp³-hybridized carbons (Fsp3) is 0.684. The van der Waals surface area contributed by atoms with Gasteiger partial charge in [0.15, 0.2) is 0 Å². The molecule has 0 bridgehead atoms. The van der Waals surface area contributed by atoms with E-state index in [-0.39, 0.29) is 12.0 Å². The molecule has 1 aromatic carbocycles. The fourth-order valence-electron chi connectivity index (χ4n) is 2.55. The smallest absolute Gasteiger partial charge is 0.0431 e. The molecule has 0 saturated carbocycles. The van der Waals surface area contributed by atoms with E-state index >= 15 is 0 Å². The maximum atomic E-state index is 8.95. The van der Waals surface area contributed by atoms with Crippen molar-refractivity contribution in [1.82, 2.24) is 5.32 Å². The summed E-state index contributed by atoms with van der Waals surface area (Å²) in [5, 5.41) is 12.6. The van der Waals surface area contributed by atoms with Gasteiger partial charge in [-0.3, -0.25) is 0 Å². The van der Waals surface area contributed by atoms with Crippen LogP contribution in [0.15, 0.2) is 24.3 Å². The SMILES string of the molecule is CCCCc1ccc(C(C)NCC(C)(C)CCCO)cc1. The number of rotatable bonds is 10. The van der Waals surface area contributed by atoms with Crippen LogP contribution in [0.25, 0.3) is 0 Å². The maximum absolute atomic E-state index is 8.95. The van der Waals surface area contributed by atoms with Crippen LogP contribution in [0.2, 0.25) is 0 Å². The van der Waals surface area contributed by atoms with E-state index in [0.29, 0.717) is 6.04 Å². The Morgan fingerprint density at radius 2 is 1.81 bits per heavy atom. The van der Waals surface area contributed by atoms with Crippen LogP contribution in [0.1, 0.15) is 70.5 Å². The van der Waals surface area contributed by atoms with Gasteiger partial charge in [-0.25, -0.2) is 0 Å². The van der Waals surface area contributed by atoms with Crippen molar-refractivity contribution < 1.29 is 5.11 Å². The first kappa shape index (κ1) is 18.2. The molecule has 0 heterocycles. The summed E-state index contributed by atoms with van der Waals surface area (Å²) < 4.78 is 0. The molecule has 2 heteroatoms. The van der Waals surface area contributed by atoms with Gasteiger partial charge in [0.2, 0.25) is 0 Å². The zero-order chi connectivity index (χ0) is 15.7. The highest BCUT2D eigenvalue weighted by atomic mass is 16.2. The van der Waals surface area contributed by atoms with E-state index in [0.717, 1.165) is 19.4 Å². The third-order valence-corrected chi connectivity index (χ3v) is 4.20. The van der Waals surface area contributed by atoms with Crippen LogP contribution in [0, 0.1) is 5.41 Å². The van der Waals surface area contributed by atoms with Crippen LogP contribution in [0.4, 0.5) is 0 Å². The van der Waals surface area contributed by atoms with Crippen molar-refractivity contribution in [3.63, 3.8) is 0 Å². The van der Waals surface area contributed by atoms with E-state index in [4.69, 9.17) is 5.11 Å². The first-order valence-corrected chi connectivity index (χ1v) is 8.41. The van der Waals surface area contributed by atoms with Gasteiger partial charge in [0, 0.05) is 19.2 Å². The summed E-state index contributed by atoms with van der Waals surface area (Å²) in [6.07, 6.45) is 5.65. The molecule has 0 aliphatic heterocycles. The molecule has 1 aromatic rings. The van der Waals surface area contributed by atoms with Gasteiger partial charge in [-0.1, -0.05) is 51.5 Å². The Morgan fingerprint density at radius 1 is 1.14 bits per heavy atom. The summed E-state index contributed by atoms with van der Waals surface area (Å²) in [7, 11) is 0. The Hall–Kier alpha value is -0.860. The minimum Gasteiger partial charge on any atom is -0.396 e. The number of unbranched alkanes of at least 4 members (excludes halogenated alkanes) is 1. The molecule has 0 aliphatic carbocycles. The third-order valence-electron chi connectivity index (χ3n) is 4.20. The second-order valence-corrected chi connectivity index (χ2v) is 6.94. The summed E-state index contributed by atoms with van der Waals surface area (Å²) in [5.74, 6) is 0. The Balaban J connectivity index is 2.46. The number of hydrogen-bond donors (Lipinski definition) is 2. The molecule has 0 aromatic heterocycles. The number of aryl methyl sites for hydroxylation is 1. The van der Waals surface area contributed by atoms with E-state index in [1.807, 2.05) is 0 Å². The van der Waals surface area contributed by atoms with Crippen LogP contribution in [-0.2, 0) is 6.42 Å². The normalized spacial score (nSPS) is 13.4. The van der Waals surface area contributed by atoms with E-state index in [2.05, 4.69) is 57.3 Å². The van der Waals surface area contributed by atoms with Gasteiger partial charge in [-0.15, -0.1) is 0 Å². The van der Waals surface area contributed by atoms with E-state index in [1.165, 1.54) is 30.4 Å². The molecule has 120 valence electrons. The summed E-state index contributed by atoms with van der Waals surface area (Å²) in [4.78, 5) is 0. The summed E-state index contributed by atoms with van der Waals surface area (Å²) >= 11 is 0. The minimum atomic E-state index is 0.234. The number of hydrogen-bond acceptors (Lipinski definition) is 2. The van der Waals surface area contributed by atoms with E-state index in [9.17, 15) is 0 Å². The second kappa shape index (κ2) is 9.22. The van der Waals surface area contributed by atoms with Gasteiger partial charge < -0.3 is 10.4 Å². The average molecular weight is 291 g/mol. The minimum absolute atomic E-state index is 0.234. The maximum Gasteiger partial charge on any atom is 0.0431 e. The van der Waals surface area contributed by atoms with Gasteiger partial charge in [0.1, 0.15) is 0 Å². The van der Waals surface area contributed by atoms with Crippen molar-refractivity contribution >= 4 is 0 Å². The quantitative estimate of drug-likeness (QED) is 0.666. The predicted octanol–water partition coefficient (Wildman–Crippen LogP) is 4.48. The summed E-state index contributed by atoms with van der Waals surface area (Å²) in [6.45, 7) is 10.2. The van der Waals surface area contributed by atoms with Gasteiger partial charge >= 0.3 is 0 Å². The number of nitrogens with one attached hydrogen (secondary N) is 1. The van der Waals surface area contributed by atoms with E-state index < -0.39 is 0 Å². The van der Waals surface area contributed by atoms with Crippen molar-refractivity contribution in [3.05, 3.63) is 35.4 Å². The van der Waals surface area contributed by atoms with E-state index in [1.54, 1.807) is 0 Å². The lowest BCUT2D eigenvalue weighted by Gasteiger charge is -2.27. The zero-order valence-electron chi connectivity index (χ0n) is 14.3. The average Bonchev–Trinajstić information content (AvgIpc) is 2.49. The predicted molar refractivity (Wildman–Crippen MR) is 91.6 cm³/mol. The highest BCUT2D eigenvalue weighted by molar-refractivity contribution is 5.24. The van der Waals surface area contributed by atoms with Crippen molar-refractivity contribution in [2.24, 2.45) is 5.41 Å². The molecule has 1 unspecified atom stereocenters. The molecular weight excluding hydrogens is 258 g/mol. The highest BCUT2D eigenvalue weighted by Crippen LogP contribution is 2.23. The molecule has 2 nitrogen and oxygen atoms in total. The first-order valence-electron chi connectivity index (χ1n) is 8.41. The monoisotopic (exact) mass is 291 g/mol. The molecule has 0 aliphatic rings. The highest BCUT2D eigenvalue weighted by Gasteiger charge is 2.18. The standard InChI is InChI=1S/C19H33NO/c1-5-6-8-17-9-11-18(12-10-17)16(2)20-15-19(3,4)13-7-14-21/h9-12,16,20-21H,5-8,13-15H2,1-4H3. The number of aliphatic hydroxyl groups is 1. The molecule has 0 radical (unpaired) electrons. The van der Waals surface area contributed by atoms with Crippen LogP contribution >= 0.6 is 0 Å². The van der Waals surface area contributed by atoms with Crippen LogP contribution in [0.3, 0.4) is 0 Å². The second-order valence-electron chi connectivity index (χ2n) is 6.94. The molecule has 1 rings (SSSR count). The van der Waals surface area contributed by atoms with Crippen LogP contribution in [-0.4, -0.2) is 18.3 Å². The van der Waals surface area contributed by atoms with Gasteiger partial charge in [-0.05, 0) is 49.1 Å². The lowest BCUT2D eigenvalue weighted by Crippen LogP contribution is -2.31. The van der Waals surface area contributed by atoms with Crippen LogP contribution in [0.5, 0.6) is 0 Å². The largest absolute Gasteiger partial charge is 0.396 e. The van der Waals surface area contributed by atoms with Crippen molar-refractivity contribution in [2.75, 3.05) is 13.2 Å². The van der Waals surface area contributed by atoms with Gasteiger partial charge in [0.05, 0.1) is 0 Å². The Bertz CT molecular complexity index is 383. The number of aliphatic hydroxyl groups excluding tert-OH is 1. The third kappa shape index (κ3) is 7.10. The molecule has 0 saturated heterocycles. The van der Waals surface area contributed by atoms with Crippen LogP contribution < -0.4 is 5.32 Å². The summed E-state index contributed by atoms with van der Waals surface area (Å²) in [5.41, 5.74) is 3.03. The van der Waals surface area contributed by atoms with Gasteiger partial charge in [-0.2, -0.15) is 0 Å². The molecule has 2 N–H and O–H groups in total. The Labute approximate surface area is 131 Å². The fourth-order valence-corrected chi connectivity index (χ4v) is 2.55. The van der Waals surface area contributed by atoms with Crippen molar-refractivity contribution in [3.8, 4) is 0 Å². The van der Waals surface area contributed by atoms with Crippen molar-refractivity contribution in [2.45, 2.75) is 65.8 Å². The van der Waals surface area contributed by atoms with Gasteiger partial charge in [0.25, 0.3) is 0 Å². The Morgan fingerprint density at radius 3 is 2.38 bits per heavy atom. The zero-order valence-corrected chi connectivity index (χ0v) is 14.3. The molecule has 0 fully saturated rings. The van der Waals surface area contributed by atoms with Crippen molar-refractivity contribution in [1.29, 1.82) is 0 Å². The lowest BCUT2D eigenvalue weighted by atomic mass is 9.87. The summed E-state index contributed by atoms with van der Waals surface area (Å²) in [6, 6.07) is 9.41. The Kier molecular flexibility index (Phi) is 7.98. The number of benzene rings is 1. The molecular formula is C19H33NO. The topological polar surface area (TPSA) is 32.3 Å². The molecule has 1 atom stereocenters.